The fourth-order valence-corrected chi connectivity index (χ4v) is 8.80. The van der Waals surface area contributed by atoms with Crippen LogP contribution in [0.25, 0.3) is 32.9 Å². The van der Waals surface area contributed by atoms with E-state index < -0.39 is 11.6 Å². The number of aromatic hydroxyl groups is 1. The Morgan fingerprint density at radius 1 is 1.00 bits per heavy atom. The van der Waals surface area contributed by atoms with Crippen LogP contribution < -0.4 is 9.64 Å². The molecule has 0 amide bonds. The maximum atomic E-state index is 16.9. The number of hydrogen-bond donors (Lipinski definition) is 1. The van der Waals surface area contributed by atoms with E-state index in [-0.39, 0.29) is 44.9 Å². The topological polar surface area (TPSA) is 93.1 Å². The summed E-state index contributed by atoms with van der Waals surface area (Å²) in [6.45, 7) is 5.51. The van der Waals surface area contributed by atoms with E-state index in [4.69, 9.17) is 25.6 Å². The molecule has 4 fully saturated rings. The lowest BCUT2D eigenvalue weighted by molar-refractivity contribution is -0.0611. The van der Waals surface area contributed by atoms with E-state index in [9.17, 15) is 9.50 Å². The van der Waals surface area contributed by atoms with Crippen LogP contribution in [0.4, 0.5) is 14.6 Å². The molecule has 0 radical (unpaired) electrons. The number of terminal acetylenes is 1. The fraction of sp³-hybridized carbons (Fsp3) is 0.500. The quantitative estimate of drug-likeness (QED) is 0.240. The second kappa shape index (κ2) is 13.3. The molecule has 3 aliphatic heterocycles. The molecule has 1 aliphatic carbocycles. The predicted molar refractivity (Wildman–Crippen MR) is 183 cm³/mol. The van der Waals surface area contributed by atoms with Gasteiger partial charge in [0.15, 0.2) is 5.82 Å². The maximum absolute atomic E-state index is 16.9. The van der Waals surface area contributed by atoms with Crippen LogP contribution in [0.15, 0.2) is 30.5 Å². The average Bonchev–Trinajstić information content (AvgIpc) is 3.37. The SMILES string of the molecule is C#Cc1c(F)ccc2cc(O)cc(-c3ncc4c(N5CCCOCC5)nc(OC[C@]56CCCC5N(C5CCCOC5)CCC6)nc4c3F)c12. The molecule has 2 unspecified atom stereocenters. The molecule has 0 bridgehead atoms. The molecule has 8 rings (SSSR count). The van der Waals surface area contributed by atoms with Crippen molar-refractivity contribution in [3.05, 3.63) is 47.7 Å². The number of benzene rings is 2. The first-order chi connectivity index (χ1) is 24.0. The summed E-state index contributed by atoms with van der Waals surface area (Å²) < 4.78 is 50.0. The van der Waals surface area contributed by atoms with Crippen LogP contribution in [-0.4, -0.2) is 89.7 Å². The van der Waals surface area contributed by atoms with Crippen LogP contribution in [0, 0.1) is 29.4 Å². The minimum Gasteiger partial charge on any atom is -0.508 e. The number of phenols is 1. The van der Waals surface area contributed by atoms with Gasteiger partial charge in [0, 0.05) is 60.9 Å². The van der Waals surface area contributed by atoms with Crippen molar-refractivity contribution in [3.8, 4) is 35.4 Å². The Balaban J connectivity index is 1.21. The van der Waals surface area contributed by atoms with Crippen molar-refractivity contribution in [2.75, 3.05) is 57.6 Å². The van der Waals surface area contributed by atoms with Crippen molar-refractivity contribution in [3.63, 3.8) is 0 Å². The molecule has 9 nitrogen and oxygen atoms in total. The minimum absolute atomic E-state index is 0.0301. The highest BCUT2D eigenvalue weighted by Crippen LogP contribution is 2.49. The smallest absolute Gasteiger partial charge is 0.319 e. The number of anilines is 1. The van der Waals surface area contributed by atoms with E-state index in [1.165, 1.54) is 24.3 Å². The summed E-state index contributed by atoms with van der Waals surface area (Å²) in [7, 11) is 0. The number of fused-ring (bicyclic) bond motifs is 3. The number of rotatable bonds is 6. The third kappa shape index (κ3) is 5.83. The van der Waals surface area contributed by atoms with E-state index in [2.05, 4.69) is 25.7 Å². The Morgan fingerprint density at radius 2 is 1.88 bits per heavy atom. The standard InChI is InChI=1S/C38H41F2N5O4/c1-2-27-30(39)10-9-24-19-26(46)20-28(32(24)27)34-33(40)35-29(21-41-34)36(44-13-6-17-47-18-15-44)43-37(42-35)49-23-38-11-3-8-31(38)45(14-5-12-38)25-7-4-16-48-22-25/h1,9-10,19-21,25,31,46H,3-8,11-18,22-23H2/t25?,31?,38-/m1/s1. The highest BCUT2D eigenvalue weighted by molar-refractivity contribution is 6.03. The van der Waals surface area contributed by atoms with Gasteiger partial charge in [-0.05, 0) is 75.1 Å². The summed E-state index contributed by atoms with van der Waals surface area (Å²) in [6, 6.07) is 6.51. The maximum Gasteiger partial charge on any atom is 0.319 e. The summed E-state index contributed by atoms with van der Waals surface area (Å²) in [6.07, 6.45) is 15.8. The van der Waals surface area contributed by atoms with Crippen LogP contribution in [0.2, 0.25) is 0 Å². The van der Waals surface area contributed by atoms with Crippen molar-refractivity contribution < 1.29 is 28.1 Å². The molecule has 1 N–H and O–H groups in total. The monoisotopic (exact) mass is 669 g/mol. The first kappa shape index (κ1) is 32.1. The van der Waals surface area contributed by atoms with E-state index in [0.717, 1.165) is 71.1 Å². The molecule has 0 spiro atoms. The molecular weight excluding hydrogens is 628 g/mol. The summed E-state index contributed by atoms with van der Waals surface area (Å²) in [5.41, 5.74) is 0.0440. The first-order valence-corrected chi connectivity index (χ1v) is 17.5. The second-order valence-electron chi connectivity index (χ2n) is 13.9. The number of piperidine rings is 1. The number of halogens is 2. The van der Waals surface area contributed by atoms with Gasteiger partial charge >= 0.3 is 6.01 Å². The first-order valence-electron chi connectivity index (χ1n) is 17.5. The van der Waals surface area contributed by atoms with Crippen molar-refractivity contribution >= 4 is 27.5 Å². The third-order valence-corrected chi connectivity index (χ3v) is 11.1. The number of nitrogens with zero attached hydrogens (tertiary/aromatic N) is 5. The summed E-state index contributed by atoms with van der Waals surface area (Å²) in [5, 5.41) is 11.8. The van der Waals surface area contributed by atoms with Gasteiger partial charge in [-0.25, -0.2) is 8.78 Å². The average molecular weight is 670 g/mol. The molecular formula is C38H41F2N5O4. The number of pyridine rings is 1. The van der Waals surface area contributed by atoms with Gasteiger partial charge in [0.1, 0.15) is 28.6 Å². The van der Waals surface area contributed by atoms with Crippen LogP contribution in [0.3, 0.4) is 0 Å². The molecule has 11 heteroatoms. The predicted octanol–water partition coefficient (Wildman–Crippen LogP) is 6.23. The lowest BCUT2D eigenvalue weighted by atomic mass is 9.74. The number of likely N-dealkylation sites (tertiary alicyclic amines) is 1. The molecule has 4 aromatic rings. The Kier molecular flexibility index (Phi) is 8.72. The van der Waals surface area contributed by atoms with Gasteiger partial charge in [-0.15, -0.1) is 6.42 Å². The molecule has 1 saturated carbocycles. The second-order valence-corrected chi connectivity index (χ2v) is 13.9. The zero-order valence-electron chi connectivity index (χ0n) is 27.6. The van der Waals surface area contributed by atoms with Gasteiger partial charge in [0.2, 0.25) is 0 Å². The largest absolute Gasteiger partial charge is 0.508 e. The summed E-state index contributed by atoms with van der Waals surface area (Å²) in [4.78, 5) is 18.9. The molecule has 5 heterocycles. The van der Waals surface area contributed by atoms with Gasteiger partial charge in [0.25, 0.3) is 0 Å². The van der Waals surface area contributed by atoms with Gasteiger partial charge < -0.3 is 24.2 Å². The highest BCUT2D eigenvalue weighted by atomic mass is 19.1. The number of ether oxygens (including phenoxy) is 3. The minimum atomic E-state index is -0.728. The van der Waals surface area contributed by atoms with E-state index in [0.29, 0.717) is 61.6 Å². The Labute approximate surface area is 284 Å². The van der Waals surface area contributed by atoms with Crippen LogP contribution in [0.1, 0.15) is 56.9 Å². The van der Waals surface area contributed by atoms with Gasteiger partial charge in [0.05, 0.1) is 30.8 Å². The number of phenolic OH excluding ortho intramolecular Hbond substituents is 1. The third-order valence-electron chi connectivity index (χ3n) is 11.1. The molecule has 2 aromatic heterocycles. The number of aromatic nitrogens is 3. The molecule has 4 aliphatic rings. The van der Waals surface area contributed by atoms with E-state index in [1.807, 2.05) is 0 Å². The summed E-state index contributed by atoms with van der Waals surface area (Å²) >= 11 is 0. The Bertz CT molecular complexity index is 1920. The zero-order valence-corrected chi connectivity index (χ0v) is 27.6. The van der Waals surface area contributed by atoms with Crippen LogP contribution in [-0.2, 0) is 9.47 Å². The molecule has 3 saturated heterocycles. The Morgan fingerprint density at radius 3 is 2.73 bits per heavy atom. The summed E-state index contributed by atoms with van der Waals surface area (Å²) in [5.74, 6) is 1.46. The van der Waals surface area contributed by atoms with Gasteiger partial charge in [-0.3, -0.25) is 9.88 Å². The normalized spacial score (nSPS) is 24.9. The zero-order chi connectivity index (χ0) is 33.5. The number of hydrogen-bond acceptors (Lipinski definition) is 9. The molecule has 2 aromatic carbocycles. The van der Waals surface area contributed by atoms with E-state index in [1.54, 1.807) is 6.20 Å². The van der Waals surface area contributed by atoms with Crippen LogP contribution >= 0.6 is 0 Å². The molecule has 49 heavy (non-hydrogen) atoms. The Hall–Kier alpha value is -4.11. The van der Waals surface area contributed by atoms with Crippen molar-refractivity contribution in [1.82, 2.24) is 19.9 Å². The van der Waals surface area contributed by atoms with Crippen molar-refractivity contribution in [1.29, 1.82) is 0 Å². The van der Waals surface area contributed by atoms with E-state index >= 15 is 4.39 Å². The van der Waals surface area contributed by atoms with Crippen molar-refractivity contribution in [2.24, 2.45) is 5.41 Å². The van der Waals surface area contributed by atoms with Crippen LogP contribution in [0.5, 0.6) is 11.8 Å². The van der Waals surface area contributed by atoms with Gasteiger partial charge in [-0.2, -0.15) is 9.97 Å². The molecule has 3 atom stereocenters. The molecule has 256 valence electrons. The fourth-order valence-electron chi connectivity index (χ4n) is 8.80. The lowest BCUT2D eigenvalue weighted by Gasteiger charge is -2.49. The van der Waals surface area contributed by atoms with Gasteiger partial charge in [-0.1, -0.05) is 18.4 Å². The van der Waals surface area contributed by atoms with Crippen molar-refractivity contribution in [2.45, 2.75) is 63.5 Å². The highest BCUT2D eigenvalue weighted by Gasteiger charge is 2.50. The lowest BCUT2D eigenvalue weighted by Crippen LogP contribution is -2.57.